The molecule has 222 valence electrons. The van der Waals surface area contributed by atoms with Crippen molar-refractivity contribution >= 4 is 22.7 Å². The maximum Gasteiger partial charge on any atom is 0.234 e. The van der Waals surface area contributed by atoms with Crippen LogP contribution in [0, 0.1) is 11.2 Å². The van der Waals surface area contributed by atoms with E-state index in [1.54, 1.807) is 24.4 Å². The third-order valence-corrected chi connectivity index (χ3v) is 9.62. The fourth-order valence-electron chi connectivity index (χ4n) is 6.84. The van der Waals surface area contributed by atoms with Gasteiger partial charge in [-0.3, -0.25) is 29.5 Å². The first kappa shape index (κ1) is 27.9. The van der Waals surface area contributed by atoms with Crippen molar-refractivity contribution in [1.29, 1.82) is 0 Å². The molecule has 2 aliphatic heterocycles. The number of hydrogen-bond donors (Lipinski definition) is 2. The van der Waals surface area contributed by atoms with Crippen molar-refractivity contribution in [1.82, 2.24) is 25.0 Å². The molecular formula is C34H36FN5O3. The van der Waals surface area contributed by atoms with Gasteiger partial charge < -0.3 is 5.11 Å². The van der Waals surface area contributed by atoms with Gasteiger partial charge in [-0.1, -0.05) is 44.2 Å². The number of rotatable bonds is 6. The number of nitrogens with zero attached hydrogens (tertiary/aromatic N) is 4. The van der Waals surface area contributed by atoms with Crippen LogP contribution in [-0.2, 0) is 21.7 Å². The molecule has 2 aromatic carbocycles. The van der Waals surface area contributed by atoms with Crippen LogP contribution in [0.25, 0.3) is 22.2 Å². The van der Waals surface area contributed by atoms with Crippen LogP contribution >= 0.6 is 0 Å². The summed E-state index contributed by atoms with van der Waals surface area (Å²) in [5.74, 6) is -1.76. The molecular weight excluding hydrogens is 545 g/mol. The molecule has 43 heavy (non-hydrogen) atoms. The highest BCUT2D eigenvalue weighted by molar-refractivity contribution is 6.01. The van der Waals surface area contributed by atoms with Crippen LogP contribution in [0.4, 0.5) is 4.39 Å². The maximum atomic E-state index is 16.2. The van der Waals surface area contributed by atoms with E-state index in [0.29, 0.717) is 43.1 Å². The highest BCUT2D eigenvalue weighted by Crippen LogP contribution is 2.48. The Morgan fingerprint density at radius 3 is 2.58 bits per heavy atom. The van der Waals surface area contributed by atoms with E-state index < -0.39 is 22.8 Å². The van der Waals surface area contributed by atoms with Gasteiger partial charge in [0.05, 0.1) is 28.8 Å². The van der Waals surface area contributed by atoms with Gasteiger partial charge in [-0.2, -0.15) is 5.10 Å². The summed E-state index contributed by atoms with van der Waals surface area (Å²) in [4.78, 5) is 30.8. The lowest BCUT2D eigenvalue weighted by Gasteiger charge is -2.50. The lowest BCUT2D eigenvalue weighted by Crippen LogP contribution is -2.55. The first-order valence-electron chi connectivity index (χ1n) is 15.1. The van der Waals surface area contributed by atoms with E-state index in [-0.39, 0.29) is 29.2 Å². The van der Waals surface area contributed by atoms with Gasteiger partial charge in [0.1, 0.15) is 5.82 Å². The average molecular weight is 582 g/mol. The molecule has 2 unspecified atom stereocenters. The molecule has 3 fully saturated rings. The summed E-state index contributed by atoms with van der Waals surface area (Å²) in [5, 5.41) is 19.5. The molecule has 2 saturated heterocycles. The van der Waals surface area contributed by atoms with Crippen LogP contribution in [0.2, 0.25) is 0 Å². The Balaban J connectivity index is 1.09. The summed E-state index contributed by atoms with van der Waals surface area (Å²) in [6, 6.07) is 16.2. The molecule has 2 amide bonds. The molecule has 1 aliphatic carbocycles. The topological polar surface area (TPSA) is 100 Å². The van der Waals surface area contributed by atoms with Gasteiger partial charge >= 0.3 is 0 Å². The molecule has 1 saturated carbocycles. The number of carbonyl (C=O) groups excluding carboxylic acids is 2. The van der Waals surface area contributed by atoms with Gasteiger partial charge in [-0.25, -0.2) is 4.39 Å². The number of piperidine rings is 2. The monoisotopic (exact) mass is 581 g/mol. The van der Waals surface area contributed by atoms with E-state index in [4.69, 9.17) is 5.10 Å². The lowest BCUT2D eigenvalue weighted by atomic mass is 9.66. The van der Waals surface area contributed by atoms with E-state index in [2.05, 4.69) is 56.4 Å². The number of aliphatic hydroxyl groups is 1. The van der Waals surface area contributed by atoms with E-state index in [0.717, 1.165) is 17.8 Å². The summed E-state index contributed by atoms with van der Waals surface area (Å²) in [5.41, 5.74) is 2.49. The van der Waals surface area contributed by atoms with Crippen LogP contribution in [0.5, 0.6) is 0 Å². The summed E-state index contributed by atoms with van der Waals surface area (Å²) in [6.07, 6.45) is 7.02. The zero-order valence-corrected chi connectivity index (χ0v) is 24.5. The molecule has 2 N–H and O–H groups in total. The minimum atomic E-state index is -1.39. The number of hydrogen-bond acceptors (Lipinski definition) is 6. The van der Waals surface area contributed by atoms with Gasteiger partial charge in [0.15, 0.2) is 0 Å². The first-order valence-corrected chi connectivity index (χ1v) is 15.1. The highest BCUT2D eigenvalue weighted by Gasteiger charge is 2.50. The molecule has 9 heteroatoms. The number of halogens is 1. The van der Waals surface area contributed by atoms with E-state index >= 15 is 4.39 Å². The fourth-order valence-corrected chi connectivity index (χ4v) is 6.84. The predicted octanol–water partition coefficient (Wildman–Crippen LogP) is 5.21. The lowest BCUT2D eigenvalue weighted by molar-refractivity contribution is -0.134. The van der Waals surface area contributed by atoms with E-state index in [1.807, 2.05) is 13.8 Å². The Hall–Kier alpha value is -3.95. The standard InChI is InChI=1S/C34H36FN5O3/c1-33(2)20-39(19-21-3-5-22(6-4-21)28-13-15-40(38-28)24-7-8-24)16-14-34(33,43)27-10-11-29-26(31(27)35)17-23(18-36-29)25-9-12-30(41)37-32(25)42/h3-6,10-11,13,15,17-18,24-25,43H,7-9,12,14,16,19-20H2,1-2H3,(H,37,41,42). The van der Waals surface area contributed by atoms with E-state index in [9.17, 15) is 14.7 Å². The number of benzene rings is 2. The number of nitrogens with one attached hydrogen (secondary N) is 1. The highest BCUT2D eigenvalue weighted by atomic mass is 19.1. The Bertz CT molecular complexity index is 1730. The number of aromatic nitrogens is 3. The van der Waals surface area contributed by atoms with Crippen LogP contribution in [0.1, 0.15) is 74.6 Å². The van der Waals surface area contributed by atoms with Gasteiger partial charge in [0, 0.05) is 60.4 Å². The smallest absolute Gasteiger partial charge is 0.234 e. The zero-order valence-electron chi connectivity index (χ0n) is 24.5. The second kappa shape index (κ2) is 10.3. The second-order valence-corrected chi connectivity index (χ2v) is 13.1. The number of carbonyl (C=O) groups is 2. The van der Waals surface area contributed by atoms with E-state index in [1.165, 1.54) is 18.4 Å². The molecule has 2 aromatic heterocycles. The second-order valence-electron chi connectivity index (χ2n) is 13.1. The van der Waals surface area contributed by atoms with Crippen LogP contribution in [-0.4, -0.2) is 49.7 Å². The molecule has 0 spiro atoms. The normalized spacial score (nSPS) is 24.3. The Morgan fingerprint density at radius 2 is 1.86 bits per heavy atom. The van der Waals surface area contributed by atoms with Gasteiger partial charge in [-0.05, 0) is 55.0 Å². The molecule has 4 heterocycles. The van der Waals surface area contributed by atoms with Crippen molar-refractivity contribution in [3.63, 3.8) is 0 Å². The molecule has 0 bridgehead atoms. The molecule has 7 rings (SSSR count). The van der Waals surface area contributed by atoms with Crippen molar-refractivity contribution in [2.45, 2.75) is 70.1 Å². The minimum Gasteiger partial charge on any atom is -0.384 e. The predicted molar refractivity (Wildman–Crippen MR) is 160 cm³/mol. The maximum absolute atomic E-state index is 16.2. The molecule has 8 nitrogen and oxygen atoms in total. The van der Waals surface area contributed by atoms with Crippen molar-refractivity contribution < 1.29 is 19.1 Å². The van der Waals surface area contributed by atoms with Crippen molar-refractivity contribution in [3.05, 3.63) is 83.4 Å². The van der Waals surface area contributed by atoms with Crippen molar-refractivity contribution in [2.75, 3.05) is 13.1 Å². The third kappa shape index (κ3) is 5.04. The SMILES string of the molecule is CC1(C)CN(Cc2ccc(-c3ccn(C4CC4)n3)cc2)CCC1(O)c1ccc2ncc(C3CCC(=O)NC3=O)cc2c1F. The number of imide groups is 1. The van der Waals surface area contributed by atoms with Crippen molar-refractivity contribution in [3.8, 4) is 11.3 Å². The number of fused-ring (bicyclic) bond motifs is 1. The van der Waals surface area contributed by atoms with Gasteiger partial charge in [0.25, 0.3) is 0 Å². The summed E-state index contributed by atoms with van der Waals surface area (Å²) >= 11 is 0. The van der Waals surface area contributed by atoms with Gasteiger partial charge in [-0.15, -0.1) is 0 Å². The minimum absolute atomic E-state index is 0.233. The number of pyridine rings is 1. The van der Waals surface area contributed by atoms with Crippen LogP contribution < -0.4 is 5.32 Å². The summed E-state index contributed by atoms with van der Waals surface area (Å²) in [6.45, 7) is 5.90. The molecule has 0 radical (unpaired) electrons. The largest absolute Gasteiger partial charge is 0.384 e. The summed E-state index contributed by atoms with van der Waals surface area (Å²) in [7, 11) is 0. The third-order valence-electron chi connectivity index (χ3n) is 9.62. The first-order chi connectivity index (χ1) is 20.6. The molecule has 4 aromatic rings. The van der Waals surface area contributed by atoms with Crippen LogP contribution in [0.15, 0.2) is 60.9 Å². The number of likely N-dealkylation sites (tertiary alicyclic amines) is 1. The quantitative estimate of drug-likeness (QED) is 0.303. The fraction of sp³-hybridized carbons (Fsp3) is 0.412. The Labute approximate surface area is 249 Å². The Kier molecular flexibility index (Phi) is 6.70. The summed E-state index contributed by atoms with van der Waals surface area (Å²) < 4.78 is 18.3. The average Bonchev–Trinajstić information content (AvgIpc) is 3.72. The van der Waals surface area contributed by atoms with Crippen LogP contribution in [0.3, 0.4) is 0 Å². The Morgan fingerprint density at radius 1 is 1.07 bits per heavy atom. The zero-order chi connectivity index (χ0) is 29.9. The molecule has 2 atom stereocenters. The van der Waals surface area contributed by atoms with Crippen molar-refractivity contribution in [2.24, 2.45) is 5.41 Å². The molecule has 3 aliphatic rings. The van der Waals surface area contributed by atoms with Gasteiger partial charge in [0.2, 0.25) is 11.8 Å². The number of amides is 2.